The molecule has 0 aliphatic carbocycles. The molecule has 270 valence electrons. The van der Waals surface area contributed by atoms with E-state index in [4.69, 9.17) is 18.9 Å². The van der Waals surface area contributed by atoms with Gasteiger partial charge in [-0.25, -0.2) is 17.2 Å². The zero-order valence-electron chi connectivity index (χ0n) is 29.3. The van der Waals surface area contributed by atoms with Crippen LogP contribution < -0.4 is 19.8 Å². The summed E-state index contributed by atoms with van der Waals surface area (Å²) in [6, 6.07) is 12.5. The van der Waals surface area contributed by atoms with Crippen LogP contribution in [0.1, 0.15) is 47.5 Å². The number of hydrogen-bond acceptors (Lipinski definition) is 11. The van der Waals surface area contributed by atoms with E-state index in [0.29, 0.717) is 47.8 Å². The SMILES string of the molecule is CCSNc1ccc(Oc2cccc(OCCOC3CCN(C(=O)OC(C)(C)C)CC3)n2)c(-c2cn(C)c(=O)c3c2ccn3S(=O)(=O)CC)c1. The van der Waals surface area contributed by atoms with Crippen molar-refractivity contribution in [1.29, 1.82) is 0 Å². The van der Waals surface area contributed by atoms with Gasteiger partial charge in [-0.2, -0.15) is 4.98 Å². The Morgan fingerprint density at radius 3 is 2.48 bits per heavy atom. The van der Waals surface area contributed by atoms with E-state index in [1.54, 1.807) is 49.3 Å². The number of carbonyl (C=O) groups is 1. The molecule has 1 aliphatic rings. The minimum absolute atomic E-state index is 0.0226. The van der Waals surface area contributed by atoms with Gasteiger partial charge in [0.1, 0.15) is 23.5 Å². The number of amides is 1. The van der Waals surface area contributed by atoms with E-state index in [1.807, 2.05) is 45.9 Å². The first-order valence-corrected chi connectivity index (χ1v) is 19.2. The summed E-state index contributed by atoms with van der Waals surface area (Å²) in [6.45, 7) is 10.9. The predicted molar refractivity (Wildman–Crippen MR) is 196 cm³/mol. The largest absolute Gasteiger partial charge is 0.475 e. The van der Waals surface area contributed by atoms with E-state index in [2.05, 4.69) is 9.71 Å². The fourth-order valence-electron chi connectivity index (χ4n) is 5.50. The summed E-state index contributed by atoms with van der Waals surface area (Å²) < 4.78 is 55.2. The fraction of sp³-hybridized carbons (Fsp3) is 0.457. The molecule has 0 bridgehead atoms. The third-order valence-corrected chi connectivity index (χ3v) is 10.3. The standard InChI is InChI=1S/C35H45N5O8S2/c1-7-49-37-24-12-13-29(27(22-24)28-23-38(6)33(41)32-26(28)16-19-40(32)50(43,44)8-2)47-31-11-9-10-30(36-31)46-21-20-45-25-14-17-39(18-15-25)34(42)48-35(3,4)5/h9-13,16,19,22-23,25,37H,7-8,14-15,17-18,20-21H2,1-6H3. The van der Waals surface area contributed by atoms with Crippen LogP contribution >= 0.6 is 11.9 Å². The molecule has 0 spiro atoms. The van der Waals surface area contributed by atoms with E-state index in [-0.39, 0.29) is 36.0 Å². The lowest BCUT2D eigenvalue weighted by Gasteiger charge is -2.33. The first-order valence-electron chi connectivity index (χ1n) is 16.6. The van der Waals surface area contributed by atoms with Crippen molar-refractivity contribution in [2.75, 3.05) is 42.5 Å². The molecule has 4 aromatic rings. The van der Waals surface area contributed by atoms with Crippen LogP contribution in [0.5, 0.6) is 17.5 Å². The molecule has 0 atom stereocenters. The molecule has 0 saturated carbocycles. The number of fused-ring (bicyclic) bond motifs is 1. The highest BCUT2D eigenvalue weighted by Crippen LogP contribution is 2.39. The maximum absolute atomic E-state index is 13.2. The third-order valence-electron chi connectivity index (χ3n) is 7.95. The van der Waals surface area contributed by atoms with E-state index in [1.165, 1.54) is 22.7 Å². The molecule has 0 radical (unpaired) electrons. The van der Waals surface area contributed by atoms with Crippen molar-refractivity contribution in [1.82, 2.24) is 18.4 Å². The smallest absolute Gasteiger partial charge is 0.410 e. The fourth-order valence-corrected chi connectivity index (χ4v) is 6.92. The number of likely N-dealkylation sites (tertiary alicyclic amines) is 1. The molecule has 1 N–H and O–H groups in total. The van der Waals surface area contributed by atoms with E-state index in [9.17, 15) is 18.0 Å². The summed E-state index contributed by atoms with van der Waals surface area (Å²) in [6.07, 6.45) is 4.26. The van der Waals surface area contributed by atoms with E-state index in [0.717, 1.165) is 28.3 Å². The zero-order valence-corrected chi connectivity index (χ0v) is 30.9. The number of piperidine rings is 1. The minimum Gasteiger partial charge on any atom is -0.475 e. The normalized spacial score (nSPS) is 14.2. The first kappa shape index (κ1) is 37.1. The Labute approximate surface area is 297 Å². The maximum Gasteiger partial charge on any atom is 0.410 e. The topological polar surface area (TPSA) is 143 Å². The number of nitrogens with one attached hydrogen (secondary N) is 1. The molecule has 1 amide bonds. The number of pyridine rings is 2. The van der Waals surface area contributed by atoms with Gasteiger partial charge in [0.25, 0.3) is 5.56 Å². The number of anilines is 1. The van der Waals surface area contributed by atoms with Crippen LogP contribution in [-0.2, 0) is 26.5 Å². The van der Waals surface area contributed by atoms with Gasteiger partial charge < -0.3 is 33.1 Å². The van der Waals surface area contributed by atoms with Crippen molar-refractivity contribution in [3.63, 3.8) is 0 Å². The average Bonchev–Trinajstić information content (AvgIpc) is 3.54. The second kappa shape index (κ2) is 15.8. The predicted octanol–water partition coefficient (Wildman–Crippen LogP) is 6.27. The molecule has 1 fully saturated rings. The number of ether oxygens (including phenoxy) is 4. The second-order valence-electron chi connectivity index (χ2n) is 12.8. The van der Waals surface area contributed by atoms with E-state index < -0.39 is 21.2 Å². The van der Waals surface area contributed by atoms with Crippen molar-refractivity contribution >= 4 is 44.7 Å². The first-order chi connectivity index (χ1) is 23.8. The molecule has 1 aliphatic heterocycles. The molecular formula is C35H45N5O8S2. The van der Waals surface area contributed by atoms with Gasteiger partial charge in [-0.05, 0) is 64.8 Å². The number of rotatable bonds is 13. The van der Waals surface area contributed by atoms with Crippen LogP contribution in [0.4, 0.5) is 10.5 Å². The Morgan fingerprint density at radius 2 is 1.78 bits per heavy atom. The van der Waals surface area contributed by atoms with Crippen molar-refractivity contribution in [2.24, 2.45) is 7.05 Å². The van der Waals surface area contributed by atoms with Gasteiger partial charge in [-0.1, -0.05) is 24.9 Å². The van der Waals surface area contributed by atoms with Crippen LogP contribution in [0.3, 0.4) is 0 Å². The number of hydrogen-bond donors (Lipinski definition) is 1. The maximum atomic E-state index is 13.2. The Morgan fingerprint density at radius 1 is 1.04 bits per heavy atom. The Bertz CT molecular complexity index is 1980. The summed E-state index contributed by atoms with van der Waals surface area (Å²) >= 11 is 1.53. The average molecular weight is 728 g/mol. The number of benzene rings is 1. The molecule has 3 aromatic heterocycles. The van der Waals surface area contributed by atoms with Crippen LogP contribution in [0, 0.1) is 0 Å². The van der Waals surface area contributed by atoms with Gasteiger partial charge in [0, 0.05) is 72.6 Å². The molecule has 5 rings (SSSR count). The van der Waals surface area contributed by atoms with Gasteiger partial charge in [0.05, 0.1) is 18.5 Å². The number of aryl methyl sites for hydroxylation is 1. The van der Waals surface area contributed by atoms with Gasteiger partial charge in [-0.3, -0.25) is 4.79 Å². The lowest BCUT2D eigenvalue weighted by atomic mass is 10.0. The number of nitrogens with zero attached hydrogens (tertiary/aromatic N) is 4. The number of carbonyl (C=O) groups excluding carboxylic acids is 1. The van der Waals surface area contributed by atoms with Crippen LogP contribution in [0.25, 0.3) is 22.0 Å². The quantitative estimate of drug-likeness (QED) is 0.123. The highest BCUT2D eigenvalue weighted by atomic mass is 32.2. The third kappa shape index (κ3) is 8.92. The summed E-state index contributed by atoms with van der Waals surface area (Å²) in [4.78, 5) is 31.8. The highest BCUT2D eigenvalue weighted by Gasteiger charge is 2.27. The molecule has 0 unspecified atom stereocenters. The monoisotopic (exact) mass is 727 g/mol. The summed E-state index contributed by atoms with van der Waals surface area (Å²) in [5, 5.41) is 0.482. The number of aromatic nitrogens is 3. The van der Waals surface area contributed by atoms with Gasteiger partial charge in [-0.15, -0.1) is 0 Å². The molecule has 50 heavy (non-hydrogen) atoms. The lowest BCUT2D eigenvalue weighted by molar-refractivity contribution is -0.0180. The zero-order chi connectivity index (χ0) is 36.1. The van der Waals surface area contributed by atoms with Gasteiger partial charge >= 0.3 is 6.09 Å². The van der Waals surface area contributed by atoms with Gasteiger partial charge in [0.15, 0.2) is 0 Å². The molecule has 15 heteroatoms. The second-order valence-corrected chi connectivity index (χ2v) is 16.0. The molecular weight excluding hydrogens is 683 g/mol. The molecule has 4 heterocycles. The van der Waals surface area contributed by atoms with E-state index >= 15 is 0 Å². The van der Waals surface area contributed by atoms with Crippen molar-refractivity contribution in [3.05, 3.63) is 65.2 Å². The van der Waals surface area contributed by atoms with Gasteiger partial charge in [0.2, 0.25) is 21.8 Å². The molecule has 1 aromatic carbocycles. The molecule has 1 saturated heterocycles. The molecule has 13 nitrogen and oxygen atoms in total. The summed E-state index contributed by atoms with van der Waals surface area (Å²) in [5.41, 5.74) is 1.18. The van der Waals surface area contributed by atoms with Crippen molar-refractivity contribution in [2.45, 2.75) is 59.2 Å². The Hall–Kier alpha value is -4.21. The van der Waals surface area contributed by atoms with Crippen LogP contribution in [0.2, 0.25) is 0 Å². The van der Waals surface area contributed by atoms with Crippen molar-refractivity contribution < 1.29 is 32.2 Å². The van der Waals surface area contributed by atoms with Crippen LogP contribution in [-0.4, -0.2) is 82.4 Å². The Balaban J connectivity index is 1.30. The van der Waals surface area contributed by atoms with Crippen LogP contribution in [0.15, 0.2) is 59.7 Å². The Kier molecular flexibility index (Phi) is 11.7. The van der Waals surface area contributed by atoms with Crippen molar-refractivity contribution in [3.8, 4) is 28.6 Å². The highest BCUT2D eigenvalue weighted by molar-refractivity contribution is 8.00. The minimum atomic E-state index is -3.73. The summed E-state index contributed by atoms with van der Waals surface area (Å²) in [5.74, 6) is 1.78. The summed E-state index contributed by atoms with van der Waals surface area (Å²) in [7, 11) is -2.13. The lowest BCUT2D eigenvalue weighted by Crippen LogP contribution is -2.43.